The summed E-state index contributed by atoms with van der Waals surface area (Å²) in [6, 6.07) is 5.44. The van der Waals surface area contributed by atoms with Gasteiger partial charge in [0.15, 0.2) is 0 Å². The van der Waals surface area contributed by atoms with E-state index >= 15 is 0 Å². The first-order valence-electron chi connectivity index (χ1n) is 3.85. The minimum atomic E-state index is -2.54. The predicted molar refractivity (Wildman–Crippen MR) is 45.6 cm³/mol. The normalized spacial score (nSPS) is 9.93. The SMILES string of the molecule is N#Cc1c(F)cccc1NCC(F)F. The first-order chi connectivity index (χ1) is 6.65. The van der Waals surface area contributed by atoms with E-state index in [1.165, 1.54) is 12.1 Å². The highest BCUT2D eigenvalue weighted by Gasteiger charge is 2.08. The maximum atomic E-state index is 12.9. The molecule has 0 spiro atoms. The van der Waals surface area contributed by atoms with E-state index in [4.69, 9.17) is 5.26 Å². The molecule has 14 heavy (non-hydrogen) atoms. The lowest BCUT2D eigenvalue weighted by Crippen LogP contribution is -2.11. The average molecular weight is 200 g/mol. The summed E-state index contributed by atoms with van der Waals surface area (Å²) < 4.78 is 36.6. The van der Waals surface area contributed by atoms with Gasteiger partial charge < -0.3 is 5.32 Å². The number of rotatable bonds is 3. The van der Waals surface area contributed by atoms with Crippen molar-refractivity contribution >= 4 is 5.69 Å². The van der Waals surface area contributed by atoms with Crippen LogP contribution in [0.1, 0.15) is 5.56 Å². The zero-order valence-corrected chi connectivity index (χ0v) is 7.10. The van der Waals surface area contributed by atoms with Gasteiger partial charge in [-0.15, -0.1) is 0 Å². The van der Waals surface area contributed by atoms with Gasteiger partial charge in [-0.05, 0) is 12.1 Å². The van der Waals surface area contributed by atoms with Crippen LogP contribution in [0.2, 0.25) is 0 Å². The molecule has 1 aromatic carbocycles. The summed E-state index contributed by atoms with van der Waals surface area (Å²) in [4.78, 5) is 0. The Morgan fingerprint density at radius 2 is 2.14 bits per heavy atom. The van der Waals surface area contributed by atoms with Gasteiger partial charge in [-0.2, -0.15) is 5.26 Å². The standard InChI is InChI=1S/C9H7F3N2/c10-7-2-1-3-8(6(7)4-13)14-5-9(11)12/h1-3,9,14H,5H2. The second kappa shape index (κ2) is 4.51. The van der Waals surface area contributed by atoms with E-state index in [0.717, 1.165) is 6.07 Å². The summed E-state index contributed by atoms with van der Waals surface area (Å²) in [6.45, 7) is -0.599. The van der Waals surface area contributed by atoms with Gasteiger partial charge in [-0.1, -0.05) is 6.07 Å². The highest BCUT2D eigenvalue weighted by Crippen LogP contribution is 2.17. The molecule has 0 amide bonds. The van der Waals surface area contributed by atoms with E-state index in [-0.39, 0.29) is 11.3 Å². The van der Waals surface area contributed by atoms with Gasteiger partial charge in [0, 0.05) is 0 Å². The molecule has 1 aromatic rings. The fourth-order valence-corrected chi connectivity index (χ4v) is 0.972. The quantitative estimate of drug-likeness (QED) is 0.813. The lowest BCUT2D eigenvalue weighted by atomic mass is 10.2. The van der Waals surface area contributed by atoms with E-state index in [9.17, 15) is 13.2 Å². The molecule has 0 bridgehead atoms. The van der Waals surface area contributed by atoms with E-state index < -0.39 is 18.8 Å². The van der Waals surface area contributed by atoms with Crippen LogP contribution in [0.3, 0.4) is 0 Å². The van der Waals surface area contributed by atoms with Crippen molar-refractivity contribution in [2.75, 3.05) is 11.9 Å². The average Bonchev–Trinajstić information content (AvgIpc) is 2.14. The summed E-state index contributed by atoms with van der Waals surface area (Å²) in [6.07, 6.45) is -2.54. The largest absolute Gasteiger partial charge is 0.378 e. The highest BCUT2D eigenvalue weighted by atomic mass is 19.3. The molecule has 0 aromatic heterocycles. The summed E-state index contributed by atoms with van der Waals surface area (Å²) in [5, 5.41) is 10.8. The Hall–Kier alpha value is -1.70. The third kappa shape index (κ3) is 2.39. The molecule has 1 N–H and O–H groups in total. The summed E-state index contributed by atoms with van der Waals surface area (Å²) in [7, 11) is 0. The summed E-state index contributed by atoms with van der Waals surface area (Å²) in [5.74, 6) is -0.716. The molecule has 0 heterocycles. The fraction of sp³-hybridized carbons (Fsp3) is 0.222. The Labute approximate surface area is 79.0 Å². The van der Waals surface area contributed by atoms with Crippen LogP contribution in [0.25, 0.3) is 0 Å². The van der Waals surface area contributed by atoms with E-state index in [0.29, 0.717) is 0 Å². The van der Waals surface area contributed by atoms with Crippen LogP contribution in [0.4, 0.5) is 18.9 Å². The molecule has 5 heteroatoms. The Morgan fingerprint density at radius 1 is 1.43 bits per heavy atom. The molecule has 2 nitrogen and oxygen atoms in total. The van der Waals surface area contributed by atoms with Gasteiger partial charge in [-0.25, -0.2) is 13.2 Å². The van der Waals surface area contributed by atoms with Gasteiger partial charge in [0.2, 0.25) is 0 Å². The van der Waals surface area contributed by atoms with Gasteiger partial charge in [0.05, 0.1) is 12.2 Å². The monoisotopic (exact) mass is 200 g/mol. The highest BCUT2D eigenvalue weighted by molar-refractivity contribution is 5.57. The van der Waals surface area contributed by atoms with Crippen LogP contribution in [-0.4, -0.2) is 13.0 Å². The molecule has 0 aliphatic rings. The molecule has 1 rings (SSSR count). The maximum Gasteiger partial charge on any atom is 0.255 e. The van der Waals surface area contributed by atoms with Crippen LogP contribution in [-0.2, 0) is 0 Å². The van der Waals surface area contributed by atoms with Crippen LogP contribution in [0.15, 0.2) is 18.2 Å². The van der Waals surface area contributed by atoms with Crippen LogP contribution in [0.5, 0.6) is 0 Å². The van der Waals surface area contributed by atoms with Crippen molar-refractivity contribution in [2.24, 2.45) is 0 Å². The molecule has 0 unspecified atom stereocenters. The Balaban J connectivity index is 2.87. The number of nitriles is 1. The van der Waals surface area contributed by atoms with Crippen LogP contribution < -0.4 is 5.32 Å². The van der Waals surface area contributed by atoms with Crippen LogP contribution in [0, 0.1) is 17.1 Å². The first kappa shape index (κ1) is 10.4. The van der Waals surface area contributed by atoms with Crippen molar-refractivity contribution in [1.82, 2.24) is 0 Å². The number of hydrogen-bond donors (Lipinski definition) is 1. The summed E-state index contributed by atoms with van der Waals surface area (Å²) in [5.41, 5.74) is -0.152. The van der Waals surface area contributed by atoms with Crippen molar-refractivity contribution < 1.29 is 13.2 Å². The molecule has 0 aliphatic heterocycles. The number of nitrogens with one attached hydrogen (secondary N) is 1. The molecule has 0 saturated heterocycles. The topological polar surface area (TPSA) is 35.8 Å². The number of alkyl halides is 2. The third-order valence-corrected chi connectivity index (χ3v) is 1.57. The minimum absolute atomic E-state index is 0.0906. The lowest BCUT2D eigenvalue weighted by molar-refractivity contribution is 0.163. The molecule has 0 fully saturated rings. The second-order valence-electron chi connectivity index (χ2n) is 2.55. The molecular formula is C9H7F3N2. The van der Waals surface area contributed by atoms with E-state index in [2.05, 4.69) is 5.32 Å². The minimum Gasteiger partial charge on any atom is -0.378 e. The van der Waals surface area contributed by atoms with Crippen LogP contribution >= 0.6 is 0 Å². The molecule has 0 radical (unpaired) electrons. The lowest BCUT2D eigenvalue weighted by Gasteiger charge is -2.07. The smallest absolute Gasteiger partial charge is 0.255 e. The van der Waals surface area contributed by atoms with E-state index in [1.54, 1.807) is 6.07 Å². The maximum absolute atomic E-state index is 12.9. The first-order valence-corrected chi connectivity index (χ1v) is 3.85. The van der Waals surface area contributed by atoms with Crippen molar-refractivity contribution in [2.45, 2.75) is 6.43 Å². The number of anilines is 1. The van der Waals surface area contributed by atoms with Crippen molar-refractivity contribution in [3.8, 4) is 6.07 Å². The molecule has 74 valence electrons. The van der Waals surface area contributed by atoms with Gasteiger partial charge >= 0.3 is 0 Å². The predicted octanol–water partition coefficient (Wildman–Crippen LogP) is 2.37. The van der Waals surface area contributed by atoms with Gasteiger partial charge in [0.1, 0.15) is 17.4 Å². The number of hydrogen-bond acceptors (Lipinski definition) is 2. The van der Waals surface area contributed by atoms with Gasteiger partial charge in [0.25, 0.3) is 6.43 Å². The number of halogens is 3. The summed E-state index contributed by atoms with van der Waals surface area (Å²) >= 11 is 0. The number of benzene rings is 1. The number of nitrogens with zero attached hydrogens (tertiary/aromatic N) is 1. The third-order valence-electron chi connectivity index (χ3n) is 1.57. The van der Waals surface area contributed by atoms with E-state index in [1.807, 2.05) is 0 Å². The molecule has 0 saturated carbocycles. The zero-order valence-electron chi connectivity index (χ0n) is 7.10. The molecule has 0 aliphatic carbocycles. The Morgan fingerprint density at radius 3 is 2.71 bits per heavy atom. The molecular weight excluding hydrogens is 193 g/mol. The van der Waals surface area contributed by atoms with Gasteiger partial charge in [-0.3, -0.25) is 0 Å². The van der Waals surface area contributed by atoms with Crippen molar-refractivity contribution in [3.05, 3.63) is 29.6 Å². The fourth-order valence-electron chi connectivity index (χ4n) is 0.972. The Bertz CT molecular complexity index is 358. The van der Waals surface area contributed by atoms with Crippen molar-refractivity contribution in [1.29, 1.82) is 5.26 Å². The molecule has 0 atom stereocenters. The zero-order chi connectivity index (χ0) is 10.6. The Kier molecular flexibility index (Phi) is 3.35. The second-order valence-corrected chi connectivity index (χ2v) is 2.55. The van der Waals surface area contributed by atoms with Crippen molar-refractivity contribution in [3.63, 3.8) is 0 Å².